The molecule has 2 heterocycles. The maximum atomic E-state index is 12.3. The molecule has 6 nitrogen and oxygen atoms in total. The van der Waals surface area contributed by atoms with Crippen molar-refractivity contribution in [3.8, 4) is 11.5 Å². The van der Waals surface area contributed by atoms with Crippen molar-refractivity contribution in [3.63, 3.8) is 0 Å². The topological polar surface area (TPSA) is 79.2 Å². The number of carbonyl (C=O) groups excluding carboxylic acids is 2. The zero-order chi connectivity index (χ0) is 16.7. The van der Waals surface area contributed by atoms with E-state index >= 15 is 0 Å². The van der Waals surface area contributed by atoms with Crippen molar-refractivity contribution >= 4 is 28.6 Å². The average molecular weight is 332 g/mol. The van der Waals surface area contributed by atoms with E-state index in [-0.39, 0.29) is 17.4 Å². The van der Waals surface area contributed by atoms with Gasteiger partial charge in [-0.15, -0.1) is 0 Å². The van der Waals surface area contributed by atoms with E-state index in [0.717, 1.165) is 0 Å². The Hall–Kier alpha value is -2.28. The number of methoxy groups -OCH3 is 1. The molecule has 0 aromatic heterocycles. The first-order valence-electron chi connectivity index (χ1n) is 7.06. The van der Waals surface area contributed by atoms with Crippen LogP contribution in [0.3, 0.4) is 0 Å². The number of amides is 1. The van der Waals surface area contributed by atoms with Crippen molar-refractivity contribution in [1.29, 1.82) is 0 Å². The number of nitrogens with zero attached hydrogens (tertiary/aromatic N) is 2. The lowest BCUT2D eigenvalue weighted by Gasteiger charge is -2.33. The number of benzene rings is 1. The lowest BCUT2D eigenvalue weighted by atomic mass is 9.92. The van der Waals surface area contributed by atoms with Gasteiger partial charge in [0.25, 0.3) is 0 Å². The number of thioether (sulfide) groups is 1. The van der Waals surface area contributed by atoms with Gasteiger partial charge in [-0.2, -0.15) is 0 Å². The molecule has 120 valence electrons. The Morgan fingerprint density at radius 2 is 2.22 bits per heavy atom. The van der Waals surface area contributed by atoms with E-state index in [1.54, 1.807) is 24.0 Å². The van der Waals surface area contributed by atoms with Crippen LogP contribution in [0.4, 0.5) is 0 Å². The van der Waals surface area contributed by atoms with E-state index in [9.17, 15) is 14.7 Å². The highest BCUT2D eigenvalue weighted by atomic mass is 32.2. The number of fused-ring (bicyclic) bond motifs is 1. The molecule has 0 saturated carbocycles. The molecule has 1 fully saturated rings. The van der Waals surface area contributed by atoms with E-state index in [1.165, 1.54) is 31.9 Å². The van der Waals surface area contributed by atoms with E-state index in [1.807, 2.05) is 0 Å². The molecule has 1 atom stereocenters. The van der Waals surface area contributed by atoms with Crippen LogP contribution in [0, 0.1) is 0 Å². The van der Waals surface area contributed by atoms with E-state index < -0.39 is 6.04 Å². The van der Waals surface area contributed by atoms with Gasteiger partial charge in [0.05, 0.1) is 18.9 Å². The lowest BCUT2D eigenvalue weighted by molar-refractivity contribution is -0.125. The van der Waals surface area contributed by atoms with Crippen molar-refractivity contribution < 1.29 is 19.4 Å². The van der Waals surface area contributed by atoms with Gasteiger partial charge in [0.2, 0.25) is 5.91 Å². The molecule has 1 aromatic rings. The zero-order valence-corrected chi connectivity index (χ0v) is 13.8. The number of phenols is 1. The largest absolute Gasteiger partial charge is 0.504 e. The SMILES string of the molecule is COc1cc(C2C(C(C)=O)=C(C)N=C3SCC(=O)N32)ccc1O. The van der Waals surface area contributed by atoms with Gasteiger partial charge in [-0.25, -0.2) is 4.99 Å². The molecule has 3 rings (SSSR count). The maximum Gasteiger partial charge on any atom is 0.239 e. The standard InChI is InChI=1S/C16H16N2O4S/c1-8-14(9(2)19)15(18-13(21)7-23-16(18)17-8)10-4-5-11(20)12(6-10)22-3/h4-6,15,20H,7H2,1-3H3. The summed E-state index contributed by atoms with van der Waals surface area (Å²) in [6, 6.07) is 4.30. The second kappa shape index (κ2) is 5.73. The molecular weight excluding hydrogens is 316 g/mol. The second-order valence-corrected chi connectivity index (χ2v) is 6.28. The first-order chi connectivity index (χ1) is 10.9. The van der Waals surface area contributed by atoms with Crippen molar-refractivity contribution in [2.45, 2.75) is 19.9 Å². The third kappa shape index (κ3) is 2.50. The summed E-state index contributed by atoms with van der Waals surface area (Å²) in [5.74, 6) is 0.395. The molecule has 1 unspecified atom stereocenters. The van der Waals surface area contributed by atoms with Crippen LogP contribution in [-0.2, 0) is 9.59 Å². The Morgan fingerprint density at radius 1 is 1.48 bits per heavy atom. The monoisotopic (exact) mass is 332 g/mol. The summed E-state index contributed by atoms with van der Waals surface area (Å²) in [6.45, 7) is 3.24. The maximum absolute atomic E-state index is 12.3. The number of rotatable bonds is 3. The fraction of sp³-hybridized carbons (Fsp3) is 0.312. The lowest BCUT2D eigenvalue weighted by Crippen LogP contribution is -2.38. The Bertz CT molecular complexity index is 769. The summed E-state index contributed by atoms with van der Waals surface area (Å²) >= 11 is 1.36. The molecule has 0 bridgehead atoms. The van der Waals surface area contributed by atoms with Crippen LogP contribution in [0.25, 0.3) is 0 Å². The number of phenolic OH excluding ortho intramolecular Hbond substituents is 1. The van der Waals surface area contributed by atoms with Crippen LogP contribution in [0.1, 0.15) is 25.5 Å². The number of hydrogen-bond acceptors (Lipinski definition) is 6. The summed E-state index contributed by atoms with van der Waals surface area (Å²) in [7, 11) is 1.45. The number of ketones is 1. The molecule has 1 aromatic carbocycles. The van der Waals surface area contributed by atoms with Crippen LogP contribution >= 0.6 is 11.8 Å². The van der Waals surface area contributed by atoms with Crippen molar-refractivity contribution in [3.05, 3.63) is 35.0 Å². The number of ether oxygens (including phenoxy) is 1. The number of aliphatic imine (C=N–C) groups is 1. The van der Waals surface area contributed by atoms with Gasteiger partial charge < -0.3 is 9.84 Å². The Balaban J connectivity index is 2.18. The summed E-state index contributed by atoms with van der Waals surface area (Å²) in [4.78, 5) is 30.4. The van der Waals surface area contributed by atoms with Crippen molar-refractivity contribution in [1.82, 2.24) is 4.90 Å². The number of allylic oxidation sites excluding steroid dienone is 1. The first-order valence-corrected chi connectivity index (χ1v) is 8.04. The van der Waals surface area contributed by atoms with Crippen molar-refractivity contribution in [2.75, 3.05) is 12.9 Å². The van der Waals surface area contributed by atoms with Gasteiger partial charge >= 0.3 is 0 Å². The van der Waals surface area contributed by atoms with Gasteiger partial charge in [-0.05, 0) is 31.5 Å². The predicted molar refractivity (Wildman–Crippen MR) is 87.5 cm³/mol. The molecule has 0 spiro atoms. The highest BCUT2D eigenvalue weighted by Crippen LogP contribution is 2.42. The quantitative estimate of drug-likeness (QED) is 0.918. The van der Waals surface area contributed by atoms with Crippen molar-refractivity contribution in [2.24, 2.45) is 4.99 Å². The fourth-order valence-electron chi connectivity index (χ4n) is 2.87. The van der Waals surface area contributed by atoms with Gasteiger partial charge in [0.15, 0.2) is 22.4 Å². The smallest absolute Gasteiger partial charge is 0.239 e. The van der Waals surface area contributed by atoms with Crippen LogP contribution < -0.4 is 4.74 Å². The Kier molecular flexibility index (Phi) is 3.89. The minimum absolute atomic E-state index is 0.00755. The molecule has 2 aliphatic heterocycles. The number of aromatic hydroxyl groups is 1. The van der Waals surface area contributed by atoms with E-state index in [0.29, 0.717) is 33.5 Å². The molecule has 1 N–H and O–H groups in total. The molecular formula is C16H16N2O4S. The van der Waals surface area contributed by atoms with E-state index in [2.05, 4.69) is 4.99 Å². The highest BCUT2D eigenvalue weighted by molar-refractivity contribution is 8.15. The second-order valence-electron chi connectivity index (χ2n) is 5.34. The molecule has 0 radical (unpaired) electrons. The predicted octanol–water partition coefficient (Wildman–Crippen LogP) is 2.25. The van der Waals surface area contributed by atoms with Gasteiger partial charge in [0, 0.05) is 11.3 Å². The third-order valence-electron chi connectivity index (χ3n) is 3.88. The number of hydrogen-bond donors (Lipinski definition) is 1. The minimum Gasteiger partial charge on any atom is -0.504 e. The van der Waals surface area contributed by atoms with Gasteiger partial charge in [-0.3, -0.25) is 14.5 Å². The van der Waals surface area contributed by atoms with Crippen LogP contribution in [0.5, 0.6) is 11.5 Å². The average Bonchev–Trinajstić information content (AvgIpc) is 2.87. The third-order valence-corrected chi connectivity index (χ3v) is 4.82. The summed E-state index contributed by atoms with van der Waals surface area (Å²) in [5.41, 5.74) is 1.80. The fourth-order valence-corrected chi connectivity index (χ4v) is 3.81. The van der Waals surface area contributed by atoms with Crippen LogP contribution in [0.15, 0.2) is 34.5 Å². The normalized spacial score (nSPS) is 20.5. The Morgan fingerprint density at radius 3 is 2.87 bits per heavy atom. The summed E-state index contributed by atoms with van der Waals surface area (Å²) < 4.78 is 5.15. The highest BCUT2D eigenvalue weighted by Gasteiger charge is 2.42. The molecule has 1 saturated heterocycles. The molecule has 2 aliphatic rings. The molecule has 23 heavy (non-hydrogen) atoms. The minimum atomic E-state index is -0.544. The number of amidine groups is 1. The number of Topliss-reactive ketones (excluding diaryl/α,β-unsaturated/α-hetero) is 1. The van der Waals surface area contributed by atoms with Gasteiger partial charge in [-0.1, -0.05) is 17.8 Å². The zero-order valence-electron chi connectivity index (χ0n) is 13.0. The van der Waals surface area contributed by atoms with E-state index in [4.69, 9.17) is 4.74 Å². The molecule has 1 amide bonds. The first kappa shape index (κ1) is 15.6. The number of carbonyl (C=O) groups is 2. The molecule has 0 aliphatic carbocycles. The summed E-state index contributed by atoms with van der Waals surface area (Å²) in [5, 5.41) is 10.4. The van der Waals surface area contributed by atoms with Crippen LogP contribution in [0.2, 0.25) is 0 Å². The van der Waals surface area contributed by atoms with Gasteiger partial charge in [0.1, 0.15) is 0 Å². The Labute approximate surface area is 137 Å². The summed E-state index contributed by atoms with van der Waals surface area (Å²) in [6.07, 6.45) is 0. The van der Waals surface area contributed by atoms with Crippen LogP contribution in [-0.4, -0.2) is 39.7 Å². The molecule has 7 heteroatoms.